The Morgan fingerprint density at radius 3 is 2.70 bits per heavy atom. The summed E-state index contributed by atoms with van der Waals surface area (Å²) in [4.78, 5) is 22.3. The number of aromatic nitrogens is 2. The molecule has 2 rings (SSSR count). The minimum atomic E-state index is -0.0501. The van der Waals surface area contributed by atoms with Crippen molar-refractivity contribution in [2.75, 3.05) is 18.9 Å². The summed E-state index contributed by atoms with van der Waals surface area (Å²) in [7, 11) is 1.78. The Morgan fingerprint density at radius 2 is 2.00 bits per heavy atom. The summed E-state index contributed by atoms with van der Waals surface area (Å²) in [5.41, 5.74) is 1.63. The van der Waals surface area contributed by atoms with Gasteiger partial charge in [0, 0.05) is 38.7 Å². The molecule has 0 fully saturated rings. The summed E-state index contributed by atoms with van der Waals surface area (Å²) < 4.78 is 0. The molecule has 5 nitrogen and oxygen atoms in total. The van der Waals surface area contributed by atoms with Gasteiger partial charge in [0.2, 0.25) is 0 Å². The van der Waals surface area contributed by atoms with Gasteiger partial charge in [-0.1, -0.05) is 0 Å². The lowest BCUT2D eigenvalue weighted by atomic mass is 10.2. The number of nitrogens with one attached hydrogen (secondary N) is 1. The van der Waals surface area contributed by atoms with E-state index in [1.54, 1.807) is 42.7 Å². The van der Waals surface area contributed by atoms with Crippen molar-refractivity contribution in [2.45, 2.75) is 13.5 Å². The van der Waals surface area contributed by atoms with Gasteiger partial charge in [-0.2, -0.15) is 0 Å². The highest BCUT2D eigenvalue weighted by atomic mass is 16.2. The number of carbonyl (C=O) groups is 1. The van der Waals surface area contributed by atoms with Gasteiger partial charge in [-0.25, -0.2) is 4.98 Å². The zero-order chi connectivity index (χ0) is 14.4. The first-order chi connectivity index (χ1) is 9.72. The molecule has 2 heterocycles. The molecule has 0 atom stereocenters. The Balaban J connectivity index is 2.14. The lowest BCUT2D eigenvalue weighted by Crippen LogP contribution is -2.27. The lowest BCUT2D eigenvalue weighted by Gasteiger charge is -2.18. The van der Waals surface area contributed by atoms with Crippen LogP contribution < -0.4 is 5.32 Å². The van der Waals surface area contributed by atoms with Crippen LogP contribution in [0.5, 0.6) is 0 Å². The largest absolute Gasteiger partial charge is 0.370 e. The van der Waals surface area contributed by atoms with E-state index in [0.717, 1.165) is 12.1 Å². The fourth-order valence-corrected chi connectivity index (χ4v) is 1.93. The smallest absolute Gasteiger partial charge is 0.257 e. The van der Waals surface area contributed by atoms with E-state index in [1.165, 1.54) is 0 Å². The third-order valence-corrected chi connectivity index (χ3v) is 2.90. The fourth-order valence-electron chi connectivity index (χ4n) is 1.93. The summed E-state index contributed by atoms with van der Waals surface area (Å²) in [5, 5.41) is 3.11. The van der Waals surface area contributed by atoms with E-state index in [4.69, 9.17) is 0 Å². The molecule has 1 amide bonds. The van der Waals surface area contributed by atoms with Crippen molar-refractivity contribution in [1.29, 1.82) is 0 Å². The highest BCUT2D eigenvalue weighted by molar-refractivity contribution is 5.98. The van der Waals surface area contributed by atoms with E-state index in [2.05, 4.69) is 15.3 Å². The number of anilines is 1. The molecule has 104 valence electrons. The zero-order valence-corrected chi connectivity index (χ0v) is 11.7. The zero-order valence-electron chi connectivity index (χ0n) is 11.7. The van der Waals surface area contributed by atoms with Crippen LogP contribution in [-0.4, -0.2) is 34.4 Å². The molecule has 0 unspecified atom stereocenters. The van der Waals surface area contributed by atoms with E-state index >= 15 is 0 Å². The standard InChI is InChI=1S/C15H18N4O/c1-3-17-14-13(5-4-8-18-14)15(20)19(2)11-12-6-9-16-10-7-12/h4-10H,3,11H2,1-2H3,(H,17,18). The van der Waals surface area contributed by atoms with Gasteiger partial charge in [0.25, 0.3) is 5.91 Å². The number of carbonyl (C=O) groups excluding carboxylic acids is 1. The molecule has 0 radical (unpaired) electrons. The fraction of sp³-hybridized carbons (Fsp3) is 0.267. The van der Waals surface area contributed by atoms with Crippen molar-refractivity contribution >= 4 is 11.7 Å². The molecular formula is C15H18N4O. The quantitative estimate of drug-likeness (QED) is 0.904. The van der Waals surface area contributed by atoms with Gasteiger partial charge < -0.3 is 10.2 Å². The van der Waals surface area contributed by atoms with Crippen molar-refractivity contribution in [1.82, 2.24) is 14.9 Å². The Morgan fingerprint density at radius 1 is 1.25 bits per heavy atom. The Labute approximate surface area is 118 Å². The predicted molar refractivity (Wildman–Crippen MR) is 78.4 cm³/mol. The van der Waals surface area contributed by atoms with Crippen LogP contribution in [0.25, 0.3) is 0 Å². The van der Waals surface area contributed by atoms with Crippen molar-refractivity contribution in [2.24, 2.45) is 0 Å². The summed E-state index contributed by atoms with van der Waals surface area (Å²) in [6.45, 7) is 3.25. The number of hydrogen-bond donors (Lipinski definition) is 1. The monoisotopic (exact) mass is 270 g/mol. The summed E-state index contributed by atoms with van der Waals surface area (Å²) >= 11 is 0. The van der Waals surface area contributed by atoms with Gasteiger partial charge in [0.05, 0.1) is 5.56 Å². The molecule has 0 bridgehead atoms. The second-order valence-corrected chi connectivity index (χ2v) is 4.45. The summed E-state index contributed by atoms with van der Waals surface area (Å²) in [5.74, 6) is 0.576. The van der Waals surface area contributed by atoms with Crippen molar-refractivity contribution in [3.63, 3.8) is 0 Å². The number of amides is 1. The highest BCUT2D eigenvalue weighted by Gasteiger charge is 2.16. The Hall–Kier alpha value is -2.43. The van der Waals surface area contributed by atoms with E-state index in [1.807, 2.05) is 19.1 Å². The topological polar surface area (TPSA) is 58.1 Å². The van der Waals surface area contributed by atoms with Gasteiger partial charge >= 0.3 is 0 Å². The molecular weight excluding hydrogens is 252 g/mol. The van der Waals surface area contributed by atoms with Crippen molar-refractivity contribution in [3.8, 4) is 0 Å². The SMILES string of the molecule is CCNc1ncccc1C(=O)N(C)Cc1ccncc1. The normalized spacial score (nSPS) is 10.1. The molecule has 2 aromatic rings. The van der Waals surface area contributed by atoms with Crippen LogP contribution in [0, 0.1) is 0 Å². The number of hydrogen-bond acceptors (Lipinski definition) is 4. The van der Waals surface area contributed by atoms with Gasteiger partial charge in [-0.3, -0.25) is 9.78 Å². The van der Waals surface area contributed by atoms with Crippen LogP contribution in [0.4, 0.5) is 5.82 Å². The maximum absolute atomic E-state index is 12.5. The van der Waals surface area contributed by atoms with Crippen LogP contribution in [0.15, 0.2) is 42.9 Å². The number of pyridine rings is 2. The first kappa shape index (κ1) is 14.0. The third-order valence-electron chi connectivity index (χ3n) is 2.90. The van der Waals surface area contributed by atoms with E-state index in [-0.39, 0.29) is 5.91 Å². The summed E-state index contributed by atoms with van der Waals surface area (Å²) in [6.07, 6.45) is 5.13. The Bertz CT molecular complexity index is 571. The minimum absolute atomic E-state index is 0.0501. The second-order valence-electron chi connectivity index (χ2n) is 4.45. The first-order valence-corrected chi connectivity index (χ1v) is 6.55. The average Bonchev–Trinajstić information content (AvgIpc) is 2.48. The minimum Gasteiger partial charge on any atom is -0.370 e. The van der Waals surface area contributed by atoms with Crippen LogP contribution in [0.2, 0.25) is 0 Å². The molecule has 1 N–H and O–H groups in total. The first-order valence-electron chi connectivity index (χ1n) is 6.55. The molecule has 0 saturated carbocycles. The average molecular weight is 270 g/mol. The predicted octanol–water partition coefficient (Wildman–Crippen LogP) is 2.18. The lowest BCUT2D eigenvalue weighted by molar-refractivity contribution is 0.0785. The molecule has 0 saturated heterocycles. The molecule has 0 aliphatic carbocycles. The molecule has 0 aliphatic rings. The van der Waals surface area contributed by atoms with Crippen LogP contribution in [0.1, 0.15) is 22.8 Å². The molecule has 0 aliphatic heterocycles. The highest BCUT2D eigenvalue weighted by Crippen LogP contribution is 2.14. The molecule has 0 aromatic carbocycles. The van der Waals surface area contributed by atoms with Gasteiger partial charge in [-0.05, 0) is 36.8 Å². The van der Waals surface area contributed by atoms with Gasteiger partial charge in [-0.15, -0.1) is 0 Å². The third kappa shape index (κ3) is 3.32. The molecule has 5 heteroatoms. The second kappa shape index (κ2) is 6.65. The number of nitrogens with zero attached hydrogens (tertiary/aromatic N) is 3. The van der Waals surface area contributed by atoms with Crippen LogP contribution in [0.3, 0.4) is 0 Å². The molecule has 2 aromatic heterocycles. The Kier molecular flexibility index (Phi) is 4.65. The van der Waals surface area contributed by atoms with E-state index < -0.39 is 0 Å². The number of rotatable bonds is 5. The van der Waals surface area contributed by atoms with Gasteiger partial charge in [0.1, 0.15) is 5.82 Å². The van der Waals surface area contributed by atoms with Gasteiger partial charge in [0.15, 0.2) is 0 Å². The van der Waals surface area contributed by atoms with E-state index in [9.17, 15) is 4.79 Å². The van der Waals surface area contributed by atoms with Crippen molar-refractivity contribution < 1.29 is 4.79 Å². The molecule has 20 heavy (non-hydrogen) atoms. The maximum Gasteiger partial charge on any atom is 0.257 e. The molecule has 0 spiro atoms. The van der Waals surface area contributed by atoms with Crippen molar-refractivity contribution in [3.05, 3.63) is 54.0 Å². The van der Waals surface area contributed by atoms with Crippen LogP contribution in [-0.2, 0) is 6.54 Å². The van der Waals surface area contributed by atoms with E-state index in [0.29, 0.717) is 17.9 Å². The maximum atomic E-state index is 12.5. The summed E-state index contributed by atoms with van der Waals surface area (Å²) in [6, 6.07) is 7.36. The van der Waals surface area contributed by atoms with Crippen LogP contribution >= 0.6 is 0 Å².